The van der Waals surface area contributed by atoms with Gasteiger partial charge in [-0.3, -0.25) is 9.97 Å². The first-order chi connectivity index (χ1) is 15.3. The van der Waals surface area contributed by atoms with Gasteiger partial charge in [-0.05, 0) is 34.0 Å². The molecule has 0 saturated heterocycles. The quantitative estimate of drug-likeness (QED) is 0.194. The van der Waals surface area contributed by atoms with Gasteiger partial charge < -0.3 is 4.98 Å². The van der Waals surface area contributed by atoms with Crippen LogP contribution in [0, 0.1) is 6.07 Å². The van der Waals surface area contributed by atoms with Crippen molar-refractivity contribution in [3.63, 3.8) is 0 Å². The number of aromatic nitrogens is 3. The van der Waals surface area contributed by atoms with E-state index in [0.717, 1.165) is 66.8 Å². The number of para-hydroxylation sites is 2. The molecule has 0 unspecified atom stereocenters. The van der Waals surface area contributed by atoms with Gasteiger partial charge in [0.15, 0.2) is 0 Å². The second-order valence-electron chi connectivity index (χ2n) is 7.81. The monoisotopic (exact) mass is 451 g/mol. The summed E-state index contributed by atoms with van der Waals surface area (Å²) in [5.41, 5.74) is 9.54. The molecule has 3 aromatic heterocycles. The van der Waals surface area contributed by atoms with Crippen molar-refractivity contribution in [3.8, 4) is 45.0 Å². The molecule has 3 nitrogen and oxygen atoms in total. The van der Waals surface area contributed by atoms with Crippen molar-refractivity contribution in [2.24, 2.45) is 0 Å². The fourth-order valence-electron chi connectivity index (χ4n) is 4.53. The number of hydrogen-bond acceptors (Lipinski definition) is 2. The molecule has 4 heterocycles. The maximum atomic E-state index is 5.11. The Kier molecular flexibility index (Phi) is 4.24. The maximum absolute atomic E-state index is 5.11. The second kappa shape index (κ2) is 7.15. The van der Waals surface area contributed by atoms with Crippen molar-refractivity contribution in [1.29, 1.82) is 0 Å². The molecule has 4 heteroatoms. The van der Waals surface area contributed by atoms with E-state index in [1.807, 2.05) is 30.3 Å². The van der Waals surface area contributed by atoms with Gasteiger partial charge in [0.05, 0.1) is 11.4 Å². The number of benzene rings is 3. The standard InChI is InChI=1S/C28H15N3.Ni/c1-6-17-16-18(7-1)24-13-5-15-26(30-24)22-11-3-9-20-19-8-2-10-21(27(19)31-28(20)22)25-14-4-12-23(17)29-25;/h1-15H;/q-2;+2. The average Bonchev–Trinajstić information content (AvgIpc) is 3.23. The summed E-state index contributed by atoms with van der Waals surface area (Å²) in [4.78, 5) is 15.1. The van der Waals surface area contributed by atoms with E-state index in [9.17, 15) is 0 Å². The number of rotatable bonds is 0. The molecule has 32 heavy (non-hydrogen) atoms. The summed E-state index contributed by atoms with van der Waals surface area (Å²) in [6, 6.07) is 34.6. The van der Waals surface area contributed by atoms with Crippen molar-refractivity contribution in [1.82, 2.24) is 15.0 Å². The van der Waals surface area contributed by atoms with Crippen molar-refractivity contribution < 1.29 is 16.5 Å². The summed E-state index contributed by atoms with van der Waals surface area (Å²) in [6.45, 7) is 0. The zero-order valence-corrected chi connectivity index (χ0v) is 17.8. The van der Waals surface area contributed by atoms with E-state index in [2.05, 4.69) is 66.7 Å². The average molecular weight is 452 g/mol. The van der Waals surface area contributed by atoms with Gasteiger partial charge in [-0.2, -0.15) is 0 Å². The Bertz CT molecular complexity index is 1530. The van der Waals surface area contributed by atoms with Gasteiger partial charge in [0.1, 0.15) is 0 Å². The maximum Gasteiger partial charge on any atom is 2.00 e. The minimum Gasteiger partial charge on any atom is -0.656 e. The molecule has 0 saturated carbocycles. The van der Waals surface area contributed by atoms with E-state index in [-0.39, 0.29) is 16.5 Å². The molecule has 0 N–H and O–H groups in total. The van der Waals surface area contributed by atoms with Crippen molar-refractivity contribution in [2.75, 3.05) is 0 Å². The summed E-state index contributed by atoms with van der Waals surface area (Å²) in [5.74, 6) is 0. The van der Waals surface area contributed by atoms with Crippen LogP contribution in [0.25, 0.3) is 66.8 Å². The molecular weight excluding hydrogens is 437 g/mol. The van der Waals surface area contributed by atoms with Crippen LogP contribution in [0.2, 0.25) is 0 Å². The van der Waals surface area contributed by atoms with Crippen LogP contribution in [-0.4, -0.2) is 9.97 Å². The van der Waals surface area contributed by atoms with Crippen LogP contribution >= 0.6 is 0 Å². The Hall–Kier alpha value is -3.75. The Balaban J connectivity index is 0.00000196. The predicted molar refractivity (Wildman–Crippen MR) is 125 cm³/mol. The van der Waals surface area contributed by atoms with E-state index >= 15 is 0 Å². The van der Waals surface area contributed by atoms with Gasteiger partial charge in [-0.1, -0.05) is 71.8 Å². The van der Waals surface area contributed by atoms with Crippen LogP contribution in [0.15, 0.2) is 91.0 Å². The van der Waals surface area contributed by atoms with Gasteiger partial charge in [0, 0.05) is 11.4 Å². The van der Waals surface area contributed by atoms with E-state index in [4.69, 9.17) is 15.0 Å². The van der Waals surface area contributed by atoms with Gasteiger partial charge in [0.25, 0.3) is 0 Å². The summed E-state index contributed by atoms with van der Waals surface area (Å²) in [6.07, 6.45) is 0. The van der Waals surface area contributed by atoms with E-state index in [0.29, 0.717) is 0 Å². The van der Waals surface area contributed by atoms with Crippen LogP contribution in [0.1, 0.15) is 0 Å². The first-order valence-electron chi connectivity index (χ1n) is 10.3. The summed E-state index contributed by atoms with van der Waals surface area (Å²) in [7, 11) is 0. The molecule has 1 aliphatic rings. The number of nitrogens with zero attached hydrogens (tertiary/aromatic N) is 3. The predicted octanol–water partition coefficient (Wildman–Crippen LogP) is 6.52. The number of pyridine rings is 2. The molecule has 0 aliphatic carbocycles. The van der Waals surface area contributed by atoms with E-state index in [1.54, 1.807) is 0 Å². The smallest absolute Gasteiger partial charge is 0.656 e. The fourth-order valence-corrected chi connectivity index (χ4v) is 4.53. The molecule has 0 fully saturated rings. The first kappa shape index (κ1) is 19.0. The molecular formula is C28H15N3Ni. The van der Waals surface area contributed by atoms with Crippen molar-refractivity contribution in [2.45, 2.75) is 0 Å². The molecule has 0 radical (unpaired) electrons. The molecule has 7 rings (SSSR count). The molecule has 0 atom stereocenters. The molecule has 0 amide bonds. The minimum atomic E-state index is 0. The van der Waals surface area contributed by atoms with Gasteiger partial charge in [0.2, 0.25) is 0 Å². The van der Waals surface area contributed by atoms with E-state index < -0.39 is 0 Å². The number of hydrogen-bond donors (Lipinski definition) is 0. The molecule has 6 aromatic rings. The Morgan fingerprint density at radius 1 is 0.500 bits per heavy atom. The SMILES string of the molecule is [Ni+2].[c-]1c2cccc1-c1cccc(n1)-c1cccc3c1[n-]c1c(cccc13)-c1cccc-2n1. The third-order valence-electron chi connectivity index (χ3n) is 5.98. The molecule has 8 bridgehead atoms. The van der Waals surface area contributed by atoms with Crippen LogP contribution in [-0.2, 0) is 16.5 Å². The fraction of sp³-hybridized carbons (Fsp3) is 0. The normalized spacial score (nSPS) is 11.5. The Morgan fingerprint density at radius 2 is 0.938 bits per heavy atom. The number of fused-ring (bicyclic) bond motifs is 11. The molecule has 152 valence electrons. The van der Waals surface area contributed by atoms with Gasteiger partial charge in [-0.15, -0.1) is 35.3 Å². The third-order valence-corrected chi connectivity index (χ3v) is 5.98. The van der Waals surface area contributed by atoms with E-state index in [1.165, 1.54) is 0 Å². The minimum absolute atomic E-state index is 0. The zero-order valence-electron chi connectivity index (χ0n) is 16.8. The van der Waals surface area contributed by atoms with Crippen LogP contribution in [0.3, 0.4) is 0 Å². The summed E-state index contributed by atoms with van der Waals surface area (Å²) in [5, 5.41) is 2.28. The summed E-state index contributed by atoms with van der Waals surface area (Å²) < 4.78 is 0. The van der Waals surface area contributed by atoms with Crippen LogP contribution in [0.5, 0.6) is 0 Å². The topological polar surface area (TPSA) is 39.9 Å². The van der Waals surface area contributed by atoms with Crippen LogP contribution < -0.4 is 4.98 Å². The molecule has 3 aromatic carbocycles. The Morgan fingerprint density at radius 3 is 1.47 bits per heavy atom. The molecule has 1 aliphatic heterocycles. The largest absolute Gasteiger partial charge is 2.00 e. The third kappa shape index (κ3) is 2.73. The second-order valence-corrected chi connectivity index (χ2v) is 7.81. The first-order valence-corrected chi connectivity index (χ1v) is 10.3. The molecule has 0 spiro atoms. The van der Waals surface area contributed by atoms with Crippen molar-refractivity contribution >= 4 is 21.8 Å². The van der Waals surface area contributed by atoms with Gasteiger partial charge >= 0.3 is 16.5 Å². The zero-order chi connectivity index (χ0) is 20.4. The van der Waals surface area contributed by atoms with Gasteiger partial charge in [-0.25, -0.2) is 0 Å². The Labute approximate surface area is 195 Å². The van der Waals surface area contributed by atoms with Crippen LogP contribution in [0.4, 0.5) is 0 Å². The van der Waals surface area contributed by atoms with Crippen molar-refractivity contribution in [3.05, 3.63) is 97.1 Å². The summed E-state index contributed by atoms with van der Waals surface area (Å²) >= 11 is 0.